The van der Waals surface area contributed by atoms with Crippen LogP contribution in [0.4, 0.5) is 17.1 Å². The Hall–Kier alpha value is -2.20. The van der Waals surface area contributed by atoms with Crippen LogP contribution < -0.4 is 21.9 Å². The van der Waals surface area contributed by atoms with Gasteiger partial charge in [-0.05, 0) is 55.6 Å². The monoisotopic (exact) mass is 406 g/mol. The zero-order valence-electron chi connectivity index (χ0n) is 16.9. The van der Waals surface area contributed by atoms with Crippen molar-refractivity contribution in [3.05, 3.63) is 35.5 Å². The second-order valence-corrected chi connectivity index (χ2v) is 7.44. The molecule has 0 amide bonds. The number of nitrogens with one attached hydrogen (secondary N) is 1. The van der Waals surface area contributed by atoms with Gasteiger partial charge in [-0.25, -0.2) is 5.84 Å². The minimum atomic E-state index is -0.275. The molecule has 1 saturated heterocycles. The maximum atomic E-state index is 11.1. The molecule has 1 aromatic carbocycles. The van der Waals surface area contributed by atoms with Gasteiger partial charge in [-0.1, -0.05) is 12.8 Å². The van der Waals surface area contributed by atoms with E-state index >= 15 is 0 Å². The smallest absolute Gasteiger partial charge is 0.135 e. The Morgan fingerprint density at radius 2 is 2.10 bits per heavy atom. The number of likely N-dealkylation sites (tertiary alicyclic amines) is 1. The molecule has 162 valence electrons. The van der Waals surface area contributed by atoms with Gasteiger partial charge in [0.2, 0.25) is 0 Å². The molecule has 1 aliphatic rings. The van der Waals surface area contributed by atoms with Crippen molar-refractivity contribution < 1.29 is 10.2 Å². The van der Waals surface area contributed by atoms with Crippen molar-refractivity contribution in [1.82, 2.24) is 4.90 Å². The summed E-state index contributed by atoms with van der Waals surface area (Å²) in [4.78, 5) is 13.4. The average molecular weight is 407 g/mol. The van der Waals surface area contributed by atoms with Crippen molar-refractivity contribution >= 4 is 17.1 Å². The van der Waals surface area contributed by atoms with Crippen LogP contribution in [0.1, 0.15) is 38.5 Å². The highest BCUT2D eigenvalue weighted by Crippen LogP contribution is 2.30. The van der Waals surface area contributed by atoms with E-state index in [1.165, 1.54) is 17.4 Å². The second-order valence-electron chi connectivity index (χ2n) is 7.44. The first-order valence-electron chi connectivity index (χ1n) is 10.3. The molecule has 1 aliphatic heterocycles. The lowest BCUT2D eigenvalue weighted by Crippen LogP contribution is -2.46. The zero-order chi connectivity index (χ0) is 21.1. The van der Waals surface area contributed by atoms with Crippen LogP contribution >= 0.6 is 0 Å². The number of nitrogens with zero attached hydrogens (tertiary/aromatic N) is 3. The van der Waals surface area contributed by atoms with E-state index < -0.39 is 0 Å². The number of benzene rings is 1. The fraction of sp³-hybridized carbons (Fsp3) is 0.600. The lowest BCUT2D eigenvalue weighted by atomic mass is 9.99. The summed E-state index contributed by atoms with van der Waals surface area (Å²) in [5.41, 5.74) is 6.88. The minimum Gasteiger partial charge on any atom is -0.403 e. The van der Waals surface area contributed by atoms with Gasteiger partial charge in [0.05, 0.1) is 18.4 Å². The SMILES string of the molecule is N/C=C\N(N)c1ccc(NCCCCCCN2CC[C@@H](O)C[C@H]2CO)cc1N=O. The third-order valence-electron chi connectivity index (χ3n) is 5.32. The van der Waals surface area contributed by atoms with E-state index in [0.717, 1.165) is 57.4 Å². The Morgan fingerprint density at radius 1 is 1.31 bits per heavy atom. The van der Waals surface area contributed by atoms with Crippen LogP contribution in [0.3, 0.4) is 0 Å². The van der Waals surface area contributed by atoms with E-state index in [-0.39, 0.29) is 24.4 Å². The van der Waals surface area contributed by atoms with Crippen molar-refractivity contribution in [2.24, 2.45) is 16.8 Å². The van der Waals surface area contributed by atoms with Gasteiger partial charge in [0.25, 0.3) is 0 Å². The number of aliphatic hydroxyl groups is 2. The highest BCUT2D eigenvalue weighted by molar-refractivity contribution is 5.72. The first kappa shape index (κ1) is 23.1. The number of hydrazine groups is 1. The van der Waals surface area contributed by atoms with Gasteiger partial charge in [-0.2, -0.15) is 0 Å². The van der Waals surface area contributed by atoms with Crippen molar-refractivity contribution in [1.29, 1.82) is 0 Å². The van der Waals surface area contributed by atoms with Crippen molar-refractivity contribution in [2.45, 2.75) is 50.7 Å². The molecule has 1 heterocycles. The second kappa shape index (κ2) is 12.4. The van der Waals surface area contributed by atoms with Crippen LogP contribution in [0.2, 0.25) is 0 Å². The number of hydrogen-bond acceptors (Lipinski definition) is 9. The third kappa shape index (κ3) is 7.28. The molecule has 1 fully saturated rings. The van der Waals surface area contributed by atoms with Gasteiger partial charge < -0.3 is 21.3 Å². The van der Waals surface area contributed by atoms with Gasteiger partial charge in [-0.15, -0.1) is 4.91 Å². The molecule has 0 bridgehead atoms. The van der Waals surface area contributed by atoms with Crippen molar-refractivity contribution in [2.75, 3.05) is 36.6 Å². The molecule has 2 atom stereocenters. The summed E-state index contributed by atoms with van der Waals surface area (Å²) in [6.45, 7) is 2.75. The van der Waals surface area contributed by atoms with Gasteiger partial charge in [0, 0.05) is 37.2 Å². The molecule has 0 radical (unpaired) electrons. The maximum absolute atomic E-state index is 11.1. The lowest BCUT2D eigenvalue weighted by Gasteiger charge is -2.36. The van der Waals surface area contributed by atoms with Gasteiger partial charge in [0.15, 0.2) is 0 Å². The Morgan fingerprint density at radius 3 is 2.83 bits per heavy atom. The van der Waals surface area contributed by atoms with E-state index in [0.29, 0.717) is 12.1 Å². The fourth-order valence-corrected chi connectivity index (χ4v) is 3.69. The molecule has 7 N–H and O–H groups in total. The van der Waals surface area contributed by atoms with Gasteiger partial charge >= 0.3 is 0 Å². The van der Waals surface area contributed by atoms with E-state index in [1.54, 1.807) is 12.1 Å². The number of nitrogens with two attached hydrogens (primary N) is 2. The molecule has 0 unspecified atom stereocenters. The van der Waals surface area contributed by atoms with Crippen LogP contribution in [0, 0.1) is 4.91 Å². The van der Waals surface area contributed by atoms with E-state index in [2.05, 4.69) is 15.4 Å². The van der Waals surface area contributed by atoms with Crippen LogP contribution in [0.15, 0.2) is 35.8 Å². The third-order valence-corrected chi connectivity index (χ3v) is 5.32. The summed E-state index contributed by atoms with van der Waals surface area (Å²) in [6, 6.07) is 5.35. The molecular weight excluding hydrogens is 372 g/mol. The standard InChI is InChI=1S/C20H34N6O3/c21-8-12-26(22)20-6-5-16(13-19(20)24-29)23-9-3-1-2-4-10-25-11-7-18(28)14-17(25)15-27/h5-6,8,12-13,17-18,23,27-28H,1-4,7,9-11,14-15,21-22H2/b12-8-/t17-,18+/m0/s1. The number of piperidine rings is 1. The molecule has 0 saturated carbocycles. The number of nitroso groups, excluding NO2 is 1. The van der Waals surface area contributed by atoms with E-state index in [1.807, 2.05) is 6.07 Å². The number of unbranched alkanes of at least 4 members (excludes halogenated alkanes) is 3. The average Bonchev–Trinajstić information content (AvgIpc) is 2.73. The highest BCUT2D eigenvalue weighted by atomic mass is 16.3. The number of hydrogen-bond donors (Lipinski definition) is 5. The fourth-order valence-electron chi connectivity index (χ4n) is 3.69. The van der Waals surface area contributed by atoms with Gasteiger partial charge in [0.1, 0.15) is 5.69 Å². The molecule has 0 spiro atoms. The zero-order valence-corrected chi connectivity index (χ0v) is 16.9. The number of anilines is 2. The normalized spacial score (nSPS) is 20.1. The van der Waals surface area contributed by atoms with Crippen LogP contribution in [-0.4, -0.2) is 53.5 Å². The first-order chi connectivity index (χ1) is 14.1. The predicted octanol–water partition coefficient (Wildman–Crippen LogP) is 1.98. The molecule has 9 heteroatoms. The molecule has 0 aliphatic carbocycles. The van der Waals surface area contributed by atoms with Crippen LogP contribution in [-0.2, 0) is 0 Å². The molecule has 0 aromatic heterocycles. The van der Waals surface area contributed by atoms with E-state index in [4.69, 9.17) is 11.6 Å². The maximum Gasteiger partial charge on any atom is 0.135 e. The Labute approximate surface area is 172 Å². The minimum absolute atomic E-state index is 0.0915. The van der Waals surface area contributed by atoms with Gasteiger partial charge in [-0.3, -0.25) is 9.91 Å². The quantitative estimate of drug-likeness (QED) is 0.154. The molecule has 29 heavy (non-hydrogen) atoms. The topological polar surface area (TPSA) is 140 Å². The Balaban J connectivity index is 1.66. The molecular formula is C20H34N6O3. The summed E-state index contributed by atoms with van der Waals surface area (Å²) in [7, 11) is 0. The largest absolute Gasteiger partial charge is 0.403 e. The van der Waals surface area contributed by atoms with Crippen LogP contribution in [0.5, 0.6) is 0 Å². The molecule has 9 nitrogen and oxygen atoms in total. The van der Waals surface area contributed by atoms with E-state index in [9.17, 15) is 15.1 Å². The van der Waals surface area contributed by atoms with Crippen molar-refractivity contribution in [3.8, 4) is 0 Å². The Bertz CT molecular complexity index is 657. The first-order valence-corrected chi connectivity index (χ1v) is 10.3. The molecule has 2 rings (SSSR count). The summed E-state index contributed by atoms with van der Waals surface area (Å²) in [6.07, 6.45) is 8.25. The van der Waals surface area contributed by atoms with Crippen LogP contribution in [0.25, 0.3) is 0 Å². The summed E-state index contributed by atoms with van der Waals surface area (Å²) in [5.74, 6) is 5.80. The molecule has 1 aromatic rings. The lowest BCUT2D eigenvalue weighted by molar-refractivity contribution is 0.0163. The summed E-state index contributed by atoms with van der Waals surface area (Å²) in [5, 5.41) is 26.8. The predicted molar refractivity (Wildman–Crippen MR) is 117 cm³/mol. The highest BCUT2D eigenvalue weighted by Gasteiger charge is 2.26. The number of rotatable bonds is 12. The van der Waals surface area contributed by atoms with Crippen molar-refractivity contribution in [3.63, 3.8) is 0 Å². The summed E-state index contributed by atoms with van der Waals surface area (Å²) >= 11 is 0. The number of aliphatic hydroxyl groups excluding tert-OH is 2. The summed E-state index contributed by atoms with van der Waals surface area (Å²) < 4.78 is 0. The Kier molecular flexibility index (Phi) is 9.85.